The maximum atomic E-state index is 14.7. The Bertz CT molecular complexity index is 3010. The number of non-ortho nitro benzene ring substituents is 1. The lowest BCUT2D eigenvalue weighted by Gasteiger charge is -2.36. The predicted molar refractivity (Wildman–Crippen MR) is 282 cm³/mol. The molecule has 23 nitrogen and oxygen atoms in total. The first-order valence-corrected chi connectivity index (χ1v) is 28.0. The number of hydrogen-bond donors (Lipinski definition) is 3. The molecule has 83 heavy (non-hydrogen) atoms. The van der Waals surface area contributed by atoms with Crippen molar-refractivity contribution in [3.05, 3.63) is 63.7 Å². The van der Waals surface area contributed by atoms with Crippen LogP contribution in [0.5, 0.6) is 17.4 Å². The molecule has 4 fully saturated rings. The first kappa shape index (κ1) is 65.7. The minimum atomic E-state index is -4.94. The van der Waals surface area contributed by atoms with Gasteiger partial charge in [-0.1, -0.05) is 51.8 Å². The van der Waals surface area contributed by atoms with Crippen LogP contribution in [0.4, 0.5) is 41.6 Å². The fourth-order valence-electron chi connectivity index (χ4n) is 8.62. The molecule has 3 aromatic rings. The number of amides is 4. The zero-order chi connectivity index (χ0) is 61.9. The van der Waals surface area contributed by atoms with Gasteiger partial charge in [0, 0.05) is 49.6 Å². The van der Waals surface area contributed by atoms with E-state index in [1.165, 1.54) is 0 Å². The number of nitro groups is 1. The summed E-state index contributed by atoms with van der Waals surface area (Å²) in [5.41, 5.74) is -9.28. The van der Waals surface area contributed by atoms with E-state index in [1.54, 1.807) is 58.9 Å². The highest BCUT2D eigenvalue weighted by Crippen LogP contribution is 2.47. The summed E-state index contributed by atoms with van der Waals surface area (Å²) >= 11 is 6.59. The summed E-state index contributed by atoms with van der Waals surface area (Å²) in [6.07, 6.45) is -12.5. The molecule has 0 bridgehead atoms. The van der Waals surface area contributed by atoms with Crippen molar-refractivity contribution in [2.75, 3.05) is 46.0 Å². The normalized spacial score (nSPS) is 21.3. The monoisotopic (exact) mass is 1230 g/mol. The summed E-state index contributed by atoms with van der Waals surface area (Å²) in [6, 6.07) is 7.91. The standard InChI is InChI=1S/C41H56ClF3N6O11S.C11H10F3NO5/c1-8-24-22-40(24,35(54)49-63(56,57)62-39(7)12-13-39)48-33(52)28-20-25(23-51(28)34(53)32(37(2,3)4)47-36(55)61-38(5,6)41(43,44)45)60-29-21-30(46-31-26(29)10-9-11-27(31)42)59-19-16-50-14-17-58-18-15-50;1-10(2,11(12,13)14)20-9(16)19-8-5-3-7(4-6-8)15(17)18/h9-11,21,24-25,28,32H,8,12-20,22-23H2,1-7H3,(H,47,55)(H,48,52)(H,49,54);3-6H,1-2H3/t24-,25-,28+,32-,40-;/m1./s1. The van der Waals surface area contributed by atoms with E-state index in [9.17, 15) is 68.8 Å². The molecule has 2 saturated heterocycles. The smallest absolute Gasteiger partial charge is 0.488 e. The Kier molecular flexibility index (Phi) is 19.8. The summed E-state index contributed by atoms with van der Waals surface area (Å²) in [4.78, 5) is 84.8. The van der Waals surface area contributed by atoms with Crippen LogP contribution in [-0.2, 0) is 43.1 Å². The highest BCUT2D eigenvalue weighted by Gasteiger charge is 2.62. The van der Waals surface area contributed by atoms with Crippen LogP contribution in [0.25, 0.3) is 10.9 Å². The number of nitrogens with one attached hydrogen (secondary N) is 3. The van der Waals surface area contributed by atoms with Crippen molar-refractivity contribution in [1.29, 1.82) is 0 Å². The van der Waals surface area contributed by atoms with Gasteiger partial charge in [0.05, 0.1) is 40.8 Å². The van der Waals surface area contributed by atoms with Gasteiger partial charge in [-0.3, -0.25) is 29.4 Å². The Morgan fingerprint density at radius 1 is 0.928 bits per heavy atom. The number of halogens is 7. The molecule has 2 aliphatic heterocycles. The average Bonchev–Trinajstić information content (AvgIpc) is 1.96. The molecule has 4 amide bonds. The fourth-order valence-corrected chi connectivity index (χ4v) is 9.99. The Morgan fingerprint density at radius 3 is 2.10 bits per heavy atom. The van der Waals surface area contributed by atoms with Crippen molar-refractivity contribution in [3.63, 3.8) is 0 Å². The minimum Gasteiger partial charge on any atom is -0.488 e. The number of carbonyl (C=O) groups excluding carboxylic acids is 5. The molecule has 31 heteroatoms. The number of likely N-dealkylation sites (tertiary alicyclic amines) is 1. The number of para-hydroxylation sites is 1. The number of nitro benzene ring substituents is 1. The Hall–Kier alpha value is -6.50. The van der Waals surface area contributed by atoms with E-state index in [-0.39, 0.29) is 49.1 Å². The molecule has 7 rings (SSSR count). The first-order chi connectivity index (χ1) is 38.3. The highest BCUT2D eigenvalue weighted by molar-refractivity contribution is 7.85. The fraction of sp³-hybridized carbons (Fsp3) is 0.615. The van der Waals surface area contributed by atoms with Crippen LogP contribution in [0, 0.1) is 21.4 Å². The van der Waals surface area contributed by atoms with Gasteiger partial charge in [0.2, 0.25) is 28.9 Å². The summed E-state index contributed by atoms with van der Waals surface area (Å²) in [5, 5.41) is 16.2. The zero-order valence-electron chi connectivity index (χ0n) is 46.8. The number of benzene rings is 2. The van der Waals surface area contributed by atoms with Crippen LogP contribution in [0.1, 0.15) is 94.4 Å². The molecule has 3 heterocycles. The summed E-state index contributed by atoms with van der Waals surface area (Å²) < 4.78 is 143. The van der Waals surface area contributed by atoms with Crippen LogP contribution in [0.3, 0.4) is 0 Å². The molecular weight excluding hydrogens is 1160 g/mol. The molecule has 2 aliphatic carbocycles. The number of nitrogens with zero attached hydrogens (tertiary/aromatic N) is 4. The third-order valence-corrected chi connectivity index (χ3v) is 15.5. The number of alkyl halides is 6. The van der Waals surface area contributed by atoms with Gasteiger partial charge in [0.25, 0.3) is 11.6 Å². The van der Waals surface area contributed by atoms with Crippen molar-refractivity contribution in [3.8, 4) is 17.4 Å². The third kappa shape index (κ3) is 16.9. The average molecular weight is 1230 g/mol. The second-order valence-electron chi connectivity index (χ2n) is 22.6. The molecule has 2 aromatic carbocycles. The lowest BCUT2D eigenvalue weighted by molar-refractivity contribution is -0.384. The molecule has 0 spiro atoms. The number of hydrogen-bond acceptors (Lipinski definition) is 18. The van der Waals surface area contributed by atoms with Crippen molar-refractivity contribution >= 4 is 68.5 Å². The molecule has 3 N–H and O–H groups in total. The van der Waals surface area contributed by atoms with E-state index >= 15 is 0 Å². The topological polar surface area (TPSA) is 283 Å². The molecule has 1 aromatic heterocycles. The molecule has 0 radical (unpaired) electrons. The molecule has 0 unspecified atom stereocenters. The SMILES string of the molecule is CC(C)(OC(=O)Oc1ccc([N+](=O)[O-])cc1)C(F)(F)F.CC[C@@H]1C[C@]1(NC(=O)[C@@H]1C[C@@H](Oc2cc(OCCN3CCOCC3)nc3c(Cl)cccc23)CN1C(=O)[C@@H](NC(=O)OC(C)(C)C(F)(F)F)C(C)(C)C)C(=O)NS(=O)(=O)OC1(C)CC1. The largest absolute Gasteiger partial charge is 0.514 e. The van der Waals surface area contributed by atoms with E-state index in [1.807, 2.05) is 4.72 Å². The van der Waals surface area contributed by atoms with Gasteiger partial charge in [-0.2, -0.15) is 34.8 Å². The number of morpholine rings is 1. The van der Waals surface area contributed by atoms with Gasteiger partial charge in [0.15, 0.2) is 0 Å². The number of alkyl carbamates (subject to hydrolysis) is 1. The summed E-state index contributed by atoms with van der Waals surface area (Å²) in [7, 11) is -4.56. The maximum absolute atomic E-state index is 14.7. The summed E-state index contributed by atoms with van der Waals surface area (Å²) in [6.45, 7) is 14.0. The van der Waals surface area contributed by atoms with E-state index in [2.05, 4.69) is 30.0 Å². The number of fused-ring (bicyclic) bond motifs is 1. The highest BCUT2D eigenvalue weighted by atomic mass is 35.5. The maximum Gasteiger partial charge on any atom is 0.514 e. The van der Waals surface area contributed by atoms with Gasteiger partial charge >= 0.3 is 34.9 Å². The zero-order valence-corrected chi connectivity index (χ0v) is 48.4. The Morgan fingerprint density at radius 2 is 1.54 bits per heavy atom. The Labute approximate surface area is 479 Å². The van der Waals surface area contributed by atoms with Gasteiger partial charge in [-0.15, -0.1) is 0 Å². The quantitative estimate of drug-likeness (QED) is 0.0336. The van der Waals surface area contributed by atoms with Crippen molar-refractivity contribution < 1.29 is 96.3 Å². The van der Waals surface area contributed by atoms with E-state index in [0.29, 0.717) is 82.6 Å². The van der Waals surface area contributed by atoms with Gasteiger partial charge < -0.3 is 44.0 Å². The first-order valence-electron chi connectivity index (χ1n) is 26.2. The van der Waals surface area contributed by atoms with Crippen molar-refractivity contribution in [1.82, 2.24) is 30.1 Å². The number of rotatable bonds is 19. The van der Waals surface area contributed by atoms with Crippen molar-refractivity contribution in [2.45, 2.75) is 147 Å². The third-order valence-electron chi connectivity index (χ3n) is 14.1. The van der Waals surface area contributed by atoms with Gasteiger partial charge in [-0.25, -0.2) is 23.5 Å². The lowest BCUT2D eigenvalue weighted by atomic mass is 9.85. The molecule has 4 aliphatic rings. The number of carbonyl (C=O) groups is 5. The predicted octanol–water partition coefficient (Wildman–Crippen LogP) is 8.10. The van der Waals surface area contributed by atoms with E-state index < -0.39 is 109 Å². The number of ether oxygens (including phenoxy) is 6. The molecule has 5 atom stereocenters. The minimum absolute atomic E-state index is 0.0829. The van der Waals surface area contributed by atoms with Crippen LogP contribution in [0.15, 0.2) is 48.5 Å². The number of aromatic nitrogens is 1. The van der Waals surface area contributed by atoms with E-state index in [4.69, 9.17) is 34.7 Å². The Balaban J connectivity index is 0.000000467. The number of pyridine rings is 1. The lowest BCUT2D eigenvalue weighted by Crippen LogP contribution is -2.60. The second kappa shape index (κ2) is 25.0. The van der Waals surface area contributed by atoms with Crippen LogP contribution < -0.4 is 29.6 Å². The van der Waals surface area contributed by atoms with Gasteiger partial charge in [0.1, 0.15) is 41.8 Å². The van der Waals surface area contributed by atoms with Crippen molar-refractivity contribution in [2.24, 2.45) is 11.3 Å². The van der Waals surface area contributed by atoms with Crippen LogP contribution in [0.2, 0.25) is 5.02 Å². The van der Waals surface area contributed by atoms with Crippen LogP contribution >= 0.6 is 11.6 Å². The summed E-state index contributed by atoms with van der Waals surface area (Å²) in [5.74, 6) is -2.91. The van der Waals surface area contributed by atoms with Gasteiger partial charge in [-0.05, 0) is 89.5 Å². The molecular formula is C52H66ClF6N7O16S. The molecule has 2 saturated carbocycles. The van der Waals surface area contributed by atoms with E-state index in [0.717, 1.165) is 42.3 Å². The second-order valence-corrected chi connectivity index (χ2v) is 24.3. The van der Waals surface area contributed by atoms with Crippen LogP contribution in [-0.4, -0.2) is 157 Å². The molecule has 460 valence electrons.